The highest BCUT2D eigenvalue weighted by Gasteiger charge is 2.24. The van der Waals surface area contributed by atoms with E-state index in [2.05, 4.69) is 21.4 Å². The second-order valence-corrected chi connectivity index (χ2v) is 7.01. The first-order valence-electron chi connectivity index (χ1n) is 9.28. The zero-order valence-corrected chi connectivity index (χ0v) is 15.2. The van der Waals surface area contributed by atoms with Crippen LogP contribution in [-0.4, -0.2) is 22.4 Å². The zero-order valence-electron chi connectivity index (χ0n) is 15.2. The van der Waals surface area contributed by atoms with Gasteiger partial charge in [-0.05, 0) is 36.8 Å². The Morgan fingerprint density at radius 3 is 2.89 bits per heavy atom. The van der Waals surface area contributed by atoms with Crippen LogP contribution in [0.3, 0.4) is 0 Å². The molecule has 0 aliphatic heterocycles. The van der Waals surface area contributed by atoms with Crippen molar-refractivity contribution in [1.29, 1.82) is 0 Å². The van der Waals surface area contributed by atoms with Crippen molar-refractivity contribution in [3.05, 3.63) is 58.1 Å². The molecule has 3 aromatic rings. The molecule has 0 saturated heterocycles. The third-order valence-electron chi connectivity index (χ3n) is 4.97. The van der Waals surface area contributed by atoms with Crippen molar-refractivity contribution in [1.82, 2.24) is 15.3 Å². The second kappa shape index (κ2) is 6.87. The second-order valence-electron chi connectivity index (χ2n) is 7.01. The van der Waals surface area contributed by atoms with Gasteiger partial charge in [-0.3, -0.25) is 14.6 Å². The van der Waals surface area contributed by atoms with E-state index in [4.69, 9.17) is 5.73 Å². The Morgan fingerprint density at radius 1 is 1.33 bits per heavy atom. The molecule has 1 aromatic carbocycles. The number of H-pyrrole nitrogens is 1. The number of aromatic amines is 1. The van der Waals surface area contributed by atoms with E-state index in [0.29, 0.717) is 23.4 Å². The molecule has 0 spiro atoms. The lowest BCUT2D eigenvalue weighted by atomic mass is 9.99. The first kappa shape index (κ1) is 17.3. The van der Waals surface area contributed by atoms with Crippen LogP contribution in [0.15, 0.2) is 41.5 Å². The Hall–Kier alpha value is -3.15. The SMILES string of the molecule is CCCNC(=O)c1c(N)c2cccc(-c3cncc(C4CC4)c3)c2[nH]c1=O. The number of anilines is 1. The molecule has 0 bridgehead atoms. The van der Waals surface area contributed by atoms with E-state index in [0.717, 1.165) is 17.5 Å². The third kappa shape index (κ3) is 3.18. The lowest BCUT2D eigenvalue weighted by Gasteiger charge is -2.12. The Labute approximate surface area is 156 Å². The summed E-state index contributed by atoms with van der Waals surface area (Å²) in [5.74, 6) is 0.144. The average Bonchev–Trinajstić information content (AvgIpc) is 3.51. The number of fused-ring (bicyclic) bond motifs is 1. The van der Waals surface area contributed by atoms with E-state index in [9.17, 15) is 9.59 Å². The first-order valence-corrected chi connectivity index (χ1v) is 9.28. The fraction of sp³-hybridized carbons (Fsp3) is 0.286. The van der Waals surface area contributed by atoms with Crippen molar-refractivity contribution >= 4 is 22.5 Å². The van der Waals surface area contributed by atoms with Crippen LogP contribution in [0, 0.1) is 0 Å². The van der Waals surface area contributed by atoms with E-state index in [1.165, 1.54) is 18.4 Å². The number of para-hydroxylation sites is 1. The van der Waals surface area contributed by atoms with Crippen LogP contribution in [0.25, 0.3) is 22.0 Å². The highest BCUT2D eigenvalue weighted by Crippen LogP contribution is 2.41. The van der Waals surface area contributed by atoms with Crippen LogP contribution in [0.5, 0.6) is 0 Å². The van der Waals surface area contributed by atoms with Gasteiger partial charge in [0.05, 0.1) is 11.2 Å². The van der Waals surface area contributed by atoms with Crippen LogP contribution in [0.4, 0.5) is 5.69 Å². The van der Waals surface area contributed by atoms with E-state index < -0.39 is 11.5 Å². The van der Waals surface area contributed by atoms with Gasteiger partial charge in [-0.1, -0.05) is 25.1 Å². The van der Waals surface area contributed by atoms with Crippen molar-refractivity contribution in [2.45, 2.75) is 32.1 Å². The number of aromatic nitrogens is 2. The molecule has 1 saturated carbocycles. The largest absolute Gasteiger partial charge is 0.397 e. The molecule has 1 aliphatic rings. The normalized spacial score (nSPS) is 13.7. The van der Waals surface area contributed by atoms with Gasteiger partial charge in [0.1, 0.15) is 5.56 Å². The summed E-state index contributed by atoms with van der Waals surface area (Å²) in [6.45, 7) is 2.44. The number of benzene rings is 1. The molecule has 0 unspecified atom stereocenters. The zero-order chi connectivity index (χ0) is 19.0. The van der Waals surface area contributed by atoms with E-state index in [1.807, 2.05) is 31.3 Å². The van der Waals surface area contributed by atoms with Gasteiger partial charge in [0.15, 0.2) is 0 Å². The number of pyridine rings is 2. The topological polar surface area (TPSA) is 101 Å². The lowest BCUT2D eigenvalue weighted by Crippen LogP contribution is -2.31. The summed E-state index contributed by atoms with van der Waals surface area (Å²) in [7, 11) is 0. The fourth-order valence-corrected chi connectivity index (χ4v) is 3.38. The predicted octanol–water partition coefficient (Wildman–Crippen LogP) is 3.19. The van der Waals surface area contributed by atoms with Gasteiger partial charge < -0.3 is 16.0 Å². The number of nitrogens with zero attached hydrogens (tertiary/aromatic N) is 1. The predicted molar refractivity (Wildman–Crippen MR) is 107 cm³/mol. The van der Waals surface area contributed by atoms with Gasteiger partial charge in [0, 0.05) is 35.5 Å². The molecule has 6 nitrogen and oxygen atoms in total. The smallest absolute Gasteiger partial charge is 0.263 e. The standard InChI is InChI=1S/C21H22N4O2/c1-2-8-24-20(26)17-18(22)16-5-3-4-15(19(16)25-21(17)27)14-9-13(10-23-11-14)12-6-7-12/h3-5,9-12H,2,6-8H2,1H3,(H,24,26)(H3,22,25,27). The monoisotopic (exact) mass is 362 g/mol. The summed E-state index contributed by atoms with van der Waals surface area (Å²) in [5.41, 5.74) is 9.56. The first-order chi connectivity index (χ1) is 13.1. The molecule has 2 aromatic heterocycles. The summed E-state index contributed by atoms with van der Waals surface area (Å²) in [5, 5.41) is 3.38. The number of hydrogen-bond donors (Lipinski definition) is 3. The molecular formula is C21H22N4O2. The van der Waals surface area contributed by atoms with Crippen LogP contribution in [0.1, 0.15) is 48.0 Å². The Morgan fingerprint density at radius 2 is 2.15 bits per heavy atom. The number of hydrogen-bond acceptors (Lipinski definition) is 4. The van der Waals surface area contributed by atoms with Gasteiger partial charge in [-0.2, -0.15) is 0 Å². The molecule has 4 rings (SSSR count). The summed E-state index contributed by atoms with van der Waals surface area (Å²) >= 11 is 0. The van der Waals surface area contributed by atoms with Crippen molar-refractivity contribution in [2.75, 3.05) is 12.3 Å². The average molecular weight is 362 g/mol. The molecule has 1 amide bonds. The van der Waals surface area contributed by atoms with Gasteiger partial charge in [0.2, 0.25) is 0 Å². The van der Waals surface area contributed by atoms with Crippen molar-refractivity contribution in [3.8, 4) is 11.1 Å². The number of carbonyl (C=O) groups excluding carboxylic acids is 1. The fourth-order valence-electron chi connectivity index (χ4n) is 3.38. The van der Waals surface area contributed by atoms with E-state index in [1.54, 1.807) is 6.20 Å². The molecule has 6 heteroatoms. The van der Waals surface area contributed by atoms with Crippen molar-refractivity contribution in [3.63, 3.8) is 0 Å². The summed E-state index contributed by atoms with van der Waals surface area (Å²) in [6, 6.07) is 7.75. The Kier molecular flexibility index (Phi) is 4.39. The molecule has 1 aliphatic carbocycles. The maximum absolute atomic E-state index is 12.6. The minimum Gasteiger partial charge on any atom is -0.397 e. The molecule has 0 radical (unpaired) electrons. The van der Waals surface area contributed by atoms with Gasteiger partial charge in [-0.15, -0.1) is 0 Å². The summed E-state index contributed by atoms with van der Waals surface area (Å²) < 4.78 is 0. The summed E-state index contributed by atoms with van der Waals surface area (Å²) in [6.07, 6.45) is 6.86. The van der Waals surface area contributed by atoms with Gasteiger partial charge in [-0.25, -0.2) is 0 Å². The maximum Gasteiger partial charge on any atom is 0.263 e. The highest BCUT2D eigenvalue weighted by atomic mass is 16.2. The van der Waals surface area contributed by atoms with Gasteiger partial charge in [0.25, 0.3) is 11.5 Å². The lowest BCUT2D eigenvalue weighted by molar-refractivity contribution is 0.0953. The number of nitrogens with one attached hydrogen (secondary N) is 2. The summed E-state index contributed by atoms with van der Waals surface area (Å²) in [4.78, 5) is 32.2. The Balaban J connectivity index is 1.86. The quantitative estimate of drug-likeness (QED) is 0.649. The number of carbonyl (C=O) groups is 1. The Bertz CT molecular complexity index is 1080. The number of rotatable bonds is 5. The van der Waals surface area contributed by atoms with Crippen LogP contribution >= 0.6 is 0 Å². The van der Waals surface area contributed by atoms with Crippen molar-refractivity contribution < 1.29 is 4.79 Å². The van der Waals surface area contributed by atoms with Crippen LogP contribution < -0.4 is 16.6 Å². The minimum atomic E-state index is -0.479. The minimum absolute atomic E-state index is 0.0297. The molecule has 138 valence electrons. The number of nitrogen functional groups attached to an aromatic ring is 1. The van der Waals surface area contributed by atoms with Gasteiger partial charge >= 0.3 is 0 Å². The number of nitrogens with two attached hydrogens (primary N) is 1. The van der Waals surface area contributed by atoms with E-state index >= 15 is 0 Å². The maximum atomic E-state index is 12.6. The van der Waals surface area contributed by atoms with Crippen LogP contribution in [-0.2, 0) is 0 Å². The van der Waals surface area contributed by atoms with E-state index in [-0.39, 0.29) is 11.3 Å². The van der Waals surface area contributed by atoms with Crippen molar-refractivity contribution in [2.24, 2.45) is 0 Å². The number of amides is 1. The third-order valence-corrected chi connectivity index (χ3v) is 4.97. The molecular weight excluding hydrogens is 340 g/mol. The molecule has 0 atom stereocenters. The van der Waals surface area contributed by atoms with Crippen LogP contribution in [0.2, 0.25) is 0 Å². The molecule has 4 N–H and O–H groups in total. The molecule has 1 fully saturated rings. The highest BCUT2D eigenvalue weighted by molar-refractivity contribution is 6.08. The molecule has 2 heterocycles. The molecule has 27 heavy (non-hydrogen) atoms.